The van der Waals surface area contributed by atoms with Gasteiger partial charge >= 0.3 is 0 Å². The van der Waals surface area contributed by atoms with E-state index < -0.39 is 0 Å². The fourth-order valence-electron chi connectivity index (χ4n) is 3.65. The maximum absolute atomic E-state index is 13.0. The highest BCUT2D eigenvalue weighted by molar-refractivity contribution is 5.89. The third kappa shape index (κ3) is 2.24. The fourth-order valence-corrected chi connectivity index (χ4v) is 3.65. The minimum absolute atomic E-state index is 0.233. The standard InChI is InChI=1S/C17H23NO2/c19-12-8-14-7-11-18(13-14)16(20)17(9-4-10-17)15-5-2-1-3-6-15/h1-3,5-6,14,19H,4,7-13H2. The molecule has 1 atom stereocenters. The highest BCUT2D eigenvalue weighted by atomic mass is 16.3. The minimum atomic E-state index is -0.255. The van der Waals surface area contributed by atoms with E-state index in [9.17, 15) is 4.79 Å². The molecule has 0 bridgehead atoms. The van der Waals surface area contributed by atoms with Crippen LogP contribution in [0.15, 0.2) is 30.3 Å². The molecule has 3 heteroatoms. The van der Waals surface area contributed by atoms with Gasteiger partial charge < -0.3 is 10.0 Å². The molecule has 20 heavy (non-hydrogen) atoms. The Balaban J connectivity index is 1.76. The highest BCUT2D eigenvalue weighted by Gasteiger charge is 2.48. The number of aliphatic hydroxyl groups excluding tert-OH is 1. The first-order chi connectivity index (χ1) is 9.76. The van der Waals surface area contributed by atoms with Crippen molar-refractivity contribution in [2.45, 2.75) is 37.5 Å². The molecule has 1 amide bonds. The van der Waals surface area contributed by atoms with Crippen molar-refractivity contribution in [3.63, 3.8) is 0 Å². The molecule has 1 aliphatic heterocycles. The summed E-state index contributed by atoms with van der Waals surface area (Å²) in [5.74, 6) is 0.798. The van der Waals surface area contributed by atoms with Crippen LogP contribution < -0.4 is 0 Å². The Hall–Kier alpha value is -1.35. The molecule has 1 heterocycles. The van der Waals surface area contributed by atoms with E-state index in [1.165, 1.54) is 5.56 Å². The second-order valence-corrected chi connectivity index (χ2v) is 6.22. The van der Waals surface area contributed by atoms with Crippen molar-refractivity contribution in [2.24, 2.45) is 5.92 Å². The normalized spacial score (nSPS) is 24.4. The summed E-state index contributed by atoms with van der Waals surface area (Å²) in [6, 6.07) is 10.3. The van der Waals surface area contributed by atoms with Gasteiger partial charge in [-0.2, -0.15) is 0 Å². The van der Waals surface area contributed by atoms with E-state index in [0.717, 1.165) is 45.2 Å². The Morgan fingerprint density at radius 1 is 1.30 bits per heavy atom. The van der Waals surface area contributed by atoms with Gasteiger partial charge in [-0.3, -0.25) is 4.79 Å². The van der Waals surface area contributed by atoms with E-state index in [1.807, 2.05) is 23.1 Å². The fraction of sp³-hybridized carbons (Fsp3) is 0.588. The van der Waals surface area contributed by atoms with Crippen molar-refractivity contribution in [1.82, 2.24) is 4.90 Å². The third-order valence-electron chi connectivity index (χ3n) is 5.05. The molecule has 1 aromatic rings. The van der Waals surface area contributed by atoms with Crippen LogP contribution in [0.4, 0.5) is 0 Å². The summed E-state index contributed by atoms with van der Waals surface area (Å²) in [5, 5.41) is 9.04. The summed E-state index contributed by atoms with van der Waals surface area (Å²) in [5.41, 5.74) is 0.928. The SMILES string of the molecule is O=C(N1CCC(CCO)C1)C1(c2ccccc2)CCC1. The van der Waals surface area contributed by atoms with Crippen molar-refractivity contribution >= 4 is 5.91 Å². The van der Waals surface area contributed by atoms with Crippen molar-refractivity contribution in [2.75, 3.05) is 19.7 Å². The van der Waals surface area contributed by atoms with E-state index in [1.54, 1.807) is 0 Å². The zero-order valence-corrected chi connectivity index (χ0v) is 11.9. The first kappa shape index (κ1) is 13.6. The lowest BCUT2D eigenvalue weighted by Crippen LogP contribution is -2.50. The number of likely N-dealkylation sites (tertiary alicyclic amines) is 1. The van der Waals surface area contributed by atoms with Gasteiger partial charge in [-0.15, -0.1) is 0 Å². The summed E-state index contributed by atoms with van der Waals surface area (Å²) < 4.78 is 0. The quantitative estimate of drug-likeness (QED) is 0.914. The van der Waals surface area contributed by atoms with Crippen LogP contribution in [0.5, 0.6) is 0 Å². The average Bonchev–Trinajstić information content (AvgIpc) is 2.88. The second-order valence-electron chi connectivity index (χ2n) is 6.22. The van der Waals surface area contributed by atoms with Crippen molar-refractivity contribution in [1.29, 1.82) is 0 Å². The zero-order chi connectivity index (χ0) is 14.0. The lowest BCUT2D eigenvalue weighted by Gasteiger charge is -2.43. The van der Waals surface area contributed by atoms with Crippen molar-refractivity contribution < 1.29 is 9.90 Å². The first-order valence-electron chi connectivity index (χ1n) is 7.72. The number of amides is 1. The van der Waals surface area contributed by atoms with Gasteiger partial charge in [-0.05, 0) is 37.2 Å². The predicted octanol–water partition coefficient (Wildman–Crippen LogP) is 2.34. The van der Waals surface area contributed by atoms with Gasteiger partial charge in [0.05, 0.1) is 5.41 Å². The zero-order valence-electron chi connectivity index (χ0n) is 11.9. The molecule has 2 aliphatic rings. The number of carbonyl (C=O) groups excluding carboxylic acids is 1. The molecular formula is C17H23NO2. The van der Waals surface area contributed by atoms with Crippen LogP contribution in [0.2, 0.25) is 0 Å². The number of nitrogens with zero attached hydrogens (tertiary/aromatic N) is 1. The van der Waals surface area contributed by atoms with Crippen LogP contribution in [-0.2, 0) is 10.2 Å². The summed E-state index contributed by atoms with van der Waals surface area (Å²) in [7, 11) is 0. The molecular weight excluding hydrogens is 250 g/mol. The molecule has 0 aromatic heterocycles. The van der Waals surface area contributed by atoms with Crippen molar-refractivity contribution in [3.8, 4) is 0 Å². The van der Waals surface area contributed by atoms with Gasteiger partial charge in [-0.25, -0.2) is 0 Å². The molecule has 1 N–H and O–H groups in total. The van der Waals surface area contributed by atoms with Gasteiger partial charge in [0.1, 0.15) is 0 Å². The molecule has 2 fully saturated rings. The molecule has 1 saturated carbocycles. The van der Waals surface area contributed by atoms with Crippen molar-refractivity contribution in [3.05, 3.63) is 35.9 Å². The van der Waals surface area contributed by atoms with E-state index in [2.05, 4.69) is 12.1 Å². The van der Waals surface area contributed by atoms with Gasteiger partial charge in [0.25, 0.3) is 0 Å². The monoisotopic (exact) mass is 273 g/mol. The summed E-state index contributed by atoms with van der Waals surface area (Å²) in [4.78, 5) is 15.0. The number of carbonyl (C=O) groups is 1. The lowest BCUT2D eigenvalue weighted by atomic mass is 9.63. The number of benzene rings is 1. The van der Waals surface area contributed by atoms with Gasteiger partial charge in [0.15, 0.2) is 0 Å². The molecule has 3 nitrogen and oxygen atoms in total. The maximum atomic E-state index is 13.0. The van der Waals surface area contributed by atoms with Crippen LogP contribution in [0, 0.1) is 5.92 Å². The highest BCUT2D eigenvalue weighted by Crippen LogP contribution is 2.45. The minimum Gasteiger partial charge on any atom is -0.396 e. The molecule has 0 radical (unpaired) electrons. The number of hydrogen-bond acceptors (Lipinski definition) is 2. The largest absolute Gasteiger partial charge is 0.396 e. The number of rotatable bonds is 4. The summed E-state index contributed by atoms with van der Waals surface area (Å²) in [6.07, 6.45) is 4.97. The lowest BCUT2D eigenvalue weighted by molar-refractivity contribution is -0.140. The summed E-state index contributed by atoms with van der Waals surface area (Å²) >= 11 is 0. The van der Waals surface area contributed by atoms with Gasteiger partial charge in [0.2, 0.25) is 5.91 Å². The van der Waals surface area contributed by atoms with Crippen LogP contribution in [0.25, 0.3) is 0 Å². The smallest absolute Gasteiger partial charge is 0.233 e. The Labute approximate surface area is 120 Å². The molecule has 1 aromatic carbocycles. The Morgan fingerprint density at radius 2 is 2.05 bits per heavy atom. The third-order valence-corrected chi connectivity index (χ3v) is 5.05. The van der Waals surface area contributed by atoms with E-state index in [4.69, 9.17) is 5.11 Å². The molecule has 1 saturated heterocycles. The van der Waals surface area contributed by atoms with Crippen LogP contribution >= 0.6 is 0 Å². The Bertz CT molecular complexity index is 467. The second kappa shape index (κ2) is 5.57. The average molecular weight is 273 g/mol. The maximum Gasteiger partial charge on any atom is 0.233 e. The van der Waals surface area contributed by atoms with E-state index in [0.29, 0.717) is 11.8 Å². The Morgan fingerprint density at radius 3 is 2.65 bits per heavy atom. The van der Waals surface area contributed by atoms with Gasteiger partial charge in [0, 0.05) is 19.7 Å². The molecule has 1 unspecified atom stereocenters. The van der Waals surface area contributed by atoms with Gasteiger partial charge in [-0.1, -0.05) is 36.8 Å². The number of aliphatic hydroxyl groups is 1. The first-order valence-corrected chi connectivity index (χ1v) is 7.72. The topological polar surface area (TPSA) is 40.5 Å². The van der Waals surface area contributed by atoms with Crippen LogP contribution in [-0.4, -0.2) is 35.6 Å². The molecule has 108 valence electrons. The summed E-state index contributed by atoms with van der Waals surface area (Å²) in [6.45, 7) is 1.92. The Kier molecular flexibility index (Phi) is 3.79. The van der Waals surface area contributed by atoms with E-state index in [-0.39, 0.29) is 12.0 Å². The molecule has 3 rings (SSSR count). The van der Waals surface area contributed by atoms with Crippen LogP contribution in [0.1, 0.15) is 37.7 Å². The van der Waals surface area contributed by atoms with Crippen LogP contribution in [0.3, 0.4) is 0 Å². The molecule has 0 spiro atoms. The predicted molar refractivity (Wildman–Crippen MR) is 78.4 cm³/mol. The number of hydrogen-bond donors (Lipinski definition) is 1. The van der Waals surface area contributed by atoms with E-state index >= 15 is 0 Å². The molecule has 1 aliphatic carbocycles.